The van der Waals surface area contributed by atoms with Gasteiger partial charge in [0.1, 0.15) is 0 Å². The third-order valence-corrected chi connectivity index (χ3v) is 8.07. The van der Waals surface area contributed by atoms with Crippen LogP contribution < -0.4 is 0 Å². The van der Waals surface area contributed by atoms with Gasteiger partial charge in [-0.25, -0.2) is 13.4 Å². The van der Waals surface area contributed by atoms with E-state index in [9.17, 15) is 13.2 Å². The van der Waals surface area contributed by atoms with Crippen molar-refractivity contribution in [1.29, 1.82) is 0 Å². The van der Waals surface area contributed by atoms with Crippen LogP contribution in [0.1, 0.15) is 43.6 Å². The number of aryl methyl sites for hydroxylation is 1. The molecule has 2 atom stereocenters. The Labute approximate surface area is 177 Å². The molecule has 8 heteroatoms. The van der Waals surface area contributed by atoms with Crippen LogP contribution in [0.15, 0.2) is 35.5 Å². The number of sulfone groups is 1. The number of carbonyl (C=O) groups excluding carboxylic acids is 1. The van der Waals surface area contributed by atoms with Crippen molar-refractivity contribution in [2.75, 3.05) is 17.3 Å². The minimum Gasteiger partial charge on any atom is -0.337 e. The Morgan fingerprint density at radius 2 is 2.07 bits per heavy atom. The quantitative estimate of drug-likeness (QED) is 0.644. The maximum absolute atomic E-state index is 13.0. The third-order valence-electron chi connectivity index (χ3n) is 5.47. The van der Waals surface area contributed by atoms with Gasteiger partial charge >= 0.3 is 0 Å². The number of aromatic nitrogens is 2. The summed E-state index contributed by atoms with van der Waals surface area (Å²) in [7, 11) is -3.03. The van der Waals surface area contributed by atoms with E-state index in [1.807, 2.05) is 39.0 Å². The summed E-state index contributed by atoms with van der Waals surface area (Å²) in [6.45, 7) is 6.00. The van der Waals surface area contributed by atoms with E-state index in [1.54, 1.807) is 4.90 Å². The van der Waals surface area contributed by atoms with Crippen molar-refractivity contribution in [3.8, 4) is 0 Å². The zero-order valence-corrected chi connectivity index (χ0v) is 18.9. The number of benzene rings is 1. The van der Waals surface area contributed by atoms with Crippen LogP contribution in [0, 0.1) is 6.92 Å². The normalized spacial score (nSPS) is 19.2. The predicted octanol–water partition coefficient (Wildman–Crippen LogP) is 3.22. The SMILES string of the molecule is CC[C@@H](C)N(C(=O)CSc1nc(Cc2ccccc2)c(C)[nH]1)[C@H]1CCS(=O)(=O)C1. The van der Waals surface area contributed by atoms with E-state index in [0.717, 1.165) is 29.4 Å². The molecule has 1 N–H and O–H groups in total. The number of carbonyl (C=O) groups is 1. The van der Waals surface area contributed by atoms with Crippen molar-refractivity contribution in [2.24, 2.45) is 0 Å². The summed E-state index contributed by atoms with van der Waals surface area (Å²) in [5, 5.41) is 0.727. The Morgan fingerprint density at radius 1 is 1.34 bits per heavy atom. The number of amides is 1. The van der Waals surface area contributed by atoms with Crippen molar-refractivity contribution in [3.63, 3.8) is 0 Å². The van der Waals surface area contributed by atoms with Gasteiger partial charge in [0.05, 0.1) is 23.0 Å². The number of rotatable bonds is 8. The van der Waals surface area contributed by atoms with Gasteiger partial charge in [0.15, 0.2) is 15.0 Å². The fraction of sp³-hybridized carbons (Fsp3) is 0.524. The molecule has 1 saturated heterocycles. The lowest BCUT2D eigenvalue weighted by Gasteiger charge is -2.33. The minimum atomic E-state index is -3.03. The van der Waals surface area contributed by atoms with Crippen molar-refractivity contribution in [3.05, 3.63) is 47.3 Å². The van der Waals surface area contributed by atoms with Crippen LogP contribution in [0.5, 0.6) is 0 Å². The van der Waals surface area contributed by atoms with Crippen LogP contribution in [0.25, 0.3) is 0 Å². The smallest absolute Gasteiger partial charge is 0.233 e. The van der Waals surface area contributed by atoms with Crippen molar-refractivity contribution >= 4 is 27.5 Å². The number of aromatic amines is 1. The van der Waals surface area contributed by atoms with Crippen LogP contribution in [0.4, 0.5) is 0 Å². The molecule has 1 aromatic carbocycles. The zero-order chi connectivity index (χ0) is 21.0. The van der Waals surface area contributed by atoms with Crippen LogP contribution >= 0.6 is 11.8 Å². The van der Waals surface area contributed by atoms with E-state index < -0.39 is 9.84 Å². The van der Waals surface area contributed by atoms with E-state index >= 15 is 0 Å². The second-order valence-corrected chi connectivity index (χ2v) is 10.9. The van der Waals surface area contributed by atoms with Crippen LogP contribution in [0.3, 0.4) is 0 Å². The first-order chi connectivity index (χ1) is 13.8. The Morgan fingerprint density at radius 3 is 2.69 bits per heavy atom. The molecule has 158 valence electrons. The summed E-state index contributed by atoms with van der Waals surface area (Å²) in [5.41, 5.74) is 3.18. The summed E-state index contributed by atoms with van der Waals surface area (Å²) in [6.07, 6.45) is 2.08. The Hall–Kier alpha value is -1.80. The molecule has 2 aromatic rings. The first-order valence-corrected chi connectivity index (χ1v) is 12.8. The first kappa shape index (κ1) is 21.9. The molecular formula is C21H29N3O3S2. The maximum atomic E-state index is 13.0. The maximum Gasteiger partial charge on any atom is 0.233 e. The fourth-order valence-electron chi connectivity index (χ4n) is 3.70. The number of H-pyrrole nitrogens is 1. The third kappa shape index (κ3) is 5.63. The molecule has 1 aliphatic rings. The molecule has 0 bridgehead atoms. The fourth-order valence-corrected chi connectivity index (χ4v) is 6.22. The molecule has 2 heterocycles. The Balaban J connectivity index is 1.65. The van der Waals surface area contributed by atoms with Gasteiger partial charge < -0.3 is 9.88 Å². The monoisotopic (exact) mass is 435 g/mol. The van der Waals surface area contributed by atoms with Crippen LogP contribution in [-0.4, -0.2) is 58.5 Å². The number of thioether (sulfide) groups is 1. The number of imidazole rings is 1. The van der Waals surface area contributed by atoms with Gasteiger partial charge in [-0.3, -0.25) is 4.79 Å². The molecule has 0 spiro atoms. The number of nitrogens with one attached hydrogen (secondary N) is 1. The lowest BCUT2D eigenvalue weighted by molar-refractivity contribution is -0.132. The minimum absolute atomic E-state index is 0.0216. The second-order valence-electron chi connectivity index (χ2n) is 7.68. The molecule has 3 rings (SSSR count). The lowest BCUT2D eigenvalue weighted by atomic mass is 10.1. The molecule has 1 fully saturated rings. The average molecular weight is 436 g/mol. The van der Waals surface area contributed by atoms with Crippen LogP contribution in [-0.2, 0) is 21.1 Å². The highest BCUT2D eigenvalue weighted by Crippen LogP contribution is 2.24. The molecular weight excluding hydrogens is 406 g/mol. The van der Waals surface area contributed by atoms with Gasteiger partial charge in [-0.05, 0) is 32.3 Å². The number of hydrogen-bond acceptors (Lipinski definition) is 5. The zero-order valence-electron chi connectivity index (χ0n) is 17.2. The summed E-state index contributed by atoms with van der Waals surface area (Å²) in [6, 6.07) is 9.97. The Kier molecular flexibility index (Phi) is 7.05. The van der Waals surface area contributed by atoms with Crippen molar-refractivity contribution in [2.45, 2.75) is 57.3 Å². The van der Waals surface area contributed by atoms with Crippen molar-refractivity contribution in [1.82, 2.24) is 14.9 Å². The molecule has 6 nitrogen and oxygen atoms in total. The van der Waals surface area contributed by atoms with Gasteiger partial charge in [-0.2, -0.15) is 0 Å². The largest absolute Gasteiger partial charge is 0.337 e. The molecule has 0 saturated carbocycles. The molecule has 1 aliphatic heterocycles. The van der Waals surface area contributed by atoms with Crippen LogP contribution in [0.2, 0.25) is 0 Å². The van der Waals surface area contributed by atoms with E-state index in [2.05, 4.69) is 22.1 Å². The predicted molar refractivity (Wildman–Crippen MR) is 117 cm³/mol. The highest BCUT2D eigenvalue weighted by atomic mass is 32.2. The van der Waals surface area contributed by atoms with E-state index in [4.69, 9.17) is 0 Å². The standard InChI is InChI=1S/C21H29N3O3S2/c1-4-15(2)24(18-10-11-29(26,27)14-18)20(25)13-28-21-22-16(3)19(23-21)12-17-8-6-5-7-9-17/h5-9,15,18H,4,10-14H2,1-3H3,(H,22,23)/t15-,18+/m1/s1. The average Bonchev–Trinajstić information content (AvgIpc) is 3.22. The highest BCUT2D eigenvalue weighted by Gasteiger charge is 2.36. The van der Waals surface area contributed by atoms with Gasteiger partial charge in [0, 0.05) is 24.2 Å². The second kappa shape index (κ2) is 9.34. The highest BCUT2D eigenvalue weighted by molar-refractivity contribution is 7.99. The van der Waals surface area contributed by atoms with E-state index in [0.29, 0.717) is 6.42 Å². The summed E-state index contributed by atoms with van der Waals surface area (Å²) >= 11 is 1.38. The van der Waals surface area contributed by atoms with Gasteiger partial charge in [-0.15, -0.1) is 0 Å². The summed E-state index contributed by atoms with van der Waals surface area (Å²) in [5.74, 6) is 0.476. The number of hydrogen-bond donors (Lipinski definition) is 1. The topological polar surface area (TPSA) is 83.1 Å². The van der Waals surface area contributed by atoms with Gasteiger partial charge in [-0.1, -0.05) is 49.0 Å². The number of nitrogens with zero attached hydrogens (tertiary/aromatic N) is 2. The Bertz CT molecular complexity index is 941. The van der Waals surface area contributed by atoms with Gasteiger partial charge in [0.2, 0.25) is 5.91 Å². The summed E-state index contributed by atoms with van der Waals surface area (Å²) < 4.78 is 23.8. The molecule has 0 radical (unpaired) electrons. The molecule has 0 unspecified atom stereocenters. The van der Waals surface area contributed by atoms with Crippen molar-refractivity contribution < 1.29 is 13.2 Å². The summed E-state index contributed by atoms with van der Waals surface area (Å²) in [4.78, 5) is 22.7. The first-order valence-electron chi connectivity index (χ1n) is 10.0. The molecule has 29 heavy (non-hydrogen) atoms. The molecule has 1 amide bonds. The molecule has 0 aliphatic carbocycles. The van der Waals surface area contributed by atoms with Gasteiger partial charge in [0.25, 0.3) is 0 Å². The lowest BCUT2D eigenvalue weighted by Crippen LogP contribution is -2.47. The van der Waals surface area contributed by atoms with E-state index in [1.165, 1.54) is 17.3 Å². The molecule has 1 aromatic heterocycles. The van der Waals surface area contributed by atoms with E-state index in [-0.39, 0.29) is 35.2 Å².